The molecule has 10 aromatic carbocycles. The predicted octanol–water partition coefficient (Wildman–Crippen LogP) is 14.9. The fourth-order valence-corrected chi connectivity index (χ4v) is 9.01. The maximum absolute atomic E-state index is 5.34. The van der Waals surface area contributed by atoms with Crippen LogP contribution in [-0.2, 0) is 0 Å². The van der Waals surface area contributed by atoms with Crippen LogP contribution < -0.4 is 0 Å². The Hall–Kier alpha value is -7.88. The van der Waals surface area contributed by atoms with Crippen molar-refractivity contribution in [2.45, 2.75) is 0 Å². The standard InChI is InChI=1S/C56H35N3/c1-2-14-38(15-3-1)47-18-10-20-49-48(47)19-11-23-53(49)59-54-29-28-43(35-50(54)55-56(59)58-52-22-9-8-21-51(52)57-55)46-33-44(41-26-24-36-12-4-6-16-39(36)30-41)32-45(34-46)42-27-25-37-13-5-7-17-40(37)31-42/h1-35H. The van der Waals surface area contributed by atoms with Gasteiger partial charge >= 0.3 is 0 Å². The molecule has 3 heteroatoms. The number of fused-ring (bicyclic) bond motifs is 7. The normalized spacial score (nSPS) is 11.7. The molecule has 0 amide bonds. The molecule has 0 aliphatic heterocycles. The van der Waals surface area contributed by atoms with Crippen LogP contribution in [0.5, 0.6) is 0 Å². The van der Waals surface area contributed by atoms with Gasteiger partial charge in [-0.1, -0.05) is 152 Å². The Morgan fingerprint density at radius 1 is 0.305 bits per heavy atom. The largest absolute Gasteiger partial charge is 0.292 e. The monoisotopic (exact) mass is 749 g/mol. The van der Waals surface area contributed by atoms with Gasteiger partial charge in [0.15, 0.2) is 5.65 Å². The van der Waals surface area contributed by atoms with Crippen LogP contribution in [0.3, 0.4) is 0 Å². The van der Waals surface area contributed by atoms with Crippen LogP contribution in [-0.4, -0.2) is 14.5 Å². The first-order valence-electron chi connectivity index (χ1n) is 20.1. The van der Waals surface area contributed by atoms with Gasteiger partial charge in [0.2, 0.25) is 0 Å². The van der Waals surface area contributed by atoms with E-state index < -0.39 is 0 Å². The molecule has 0 N–H and O–H groups in total. The highest BCUT2D eigenvalue weighted by Gasteiger charge is 2.20. The molecule has 0 aliphatic carbocycles. The zero-order valence-corrected chi connectivity index (χ0v) is 32.0. The van der Waals surface area contributed by atoms with Crippen molar-refractivity contribution in [3.8, 4) is 50.2 Å². The van der Waals surface area contributed by atoms with Crippen LogP contribution in [0.4, 0.5) is 0 Å². The molecular formula is C56H35N3. The van der Waals surface area contributed by atoms with Gasteiger partial charge in [-0.2, -0.15) is 0 Å². The van der Waals surface area contributed by atoms with Gasteiger partial charge in [0.05, 0.1) is 22.2 Å². The summed E-state index contributed by atoms with van der Waals surface area (Å²) in [5.74, 6) is 0. The van der Waals surface area contributed by atoms with Gasteiger partial charge < -0.3 is 0 Å². The minimum absolute atomic E-state index is 0.843. The highest BCUT2D eigenvalue weighted by atomic mass is 15.1. The van der Waals surface area contributed by atoms with Crippen LogP contribution in [0.2, 0.25) is 0 Å². The summed E-state index contributed by atoms with van der Waals surface area (Å²) >= 11 is 0. The number of para-hydroxylation sites is 2. The summed E-state index contributed by atoms with van der Waals surface area (Å²) in [5.41, 5.74) is 15.0. The van der Waals surface area contributed by atoms with Crippen molar-refractivity contribution in [3.63, 3.8) is 0 Å². The lowest BCUT2D eigenvalue weighted by Crippen LogP contribution is -1.98. The minimum Gasteiger partial charge on any atom is -0.292 e. The number of nitrogens with zero attached hydrogens (tertiary/aromatic N) is 3. The molecule has 0 radical (unpaired) electrons. The molecule has 2 aromatic heterocycles. The van der Waals surface area contributed by atoms with Crippen molar-refractivity contribution in [2.75, 3.05) is 0 Å². The Kier molecular flexibility index (Phi) is 7.54. The first-order chi connectivity index (χ1) is 29.2. The topological polar surface area (TPSA) is 30.7 Å². The Bertz CT molecular complexity index is 3520. The lowest BCUT2D eigenvalue weighted by molar-refractivity contribution is 1.15. The van der Waals surface area contributed by atoms with E-state index in [2.05, 4.69) is 205 Å². The average molecular weight is 750 g/mol. The summed E-state index contributed by atoms with van der Waals surface area (Å²) in [6.45, 7) is 0. The predicted molar refractivity (Wildman–Crippen MR) is 248 cm³/mol. The molecule has 0 aliphatic rings. The van der Waals surface area contributed by atoms with Crippen LogP contribution in [0.25, 0.3) is 116 Å². The van der Waals surface area contributed by atoms with E-state index in [1.54, 1.807) is 0 Å². The van der Waals surface area contributed by atoms with Gasteiger partial charge in [0, 0.05) is 10.8 Å². The second-order valence-electron chi connectivity index (χ2n) is 15.4. The van der Waals surface area contributed by atoms with Crippen LogP contribution >= 0.6 is 0 Å². The molecule has 0 unspecified atom stereocenters. The smallest absolute Gasteiger partial charge is 0.165 e. The average Bonchev–Trinajstić information content (AvgIpc) is 3.62. The third-order valence-corrected chi connectivity index (χ3v) is 11.9. The highest BCUT2D eigenvalue weighted by molar-refractivity contribution is 6.11. The van der Waals surface area contributed by atoms with E-state index in [0.717, 1.165) is 55.3 Å². The van der Waals surface area contributed by atoms with Crippen molar-refractivity contribution in [2.24, 2.45) is 0 Å². The van der Waals surface area contributed by atoms with Crippen LogP contribution in [0.1, 0.15) is 0 Å². The second-order valence-corrected chi connectivity index (χ2v) is 15.4. The van der Waals surface area contributed by atoms with E-state index in [0.29, 0.717) is 0 Å². The Labute approximate surface area is 341 Å². The van der Waals surface area contributed by atoms with Crippen molar-refractivity contribution in [1.82, 2.24) is 14.5 Å². The summed E-state index contributed by atoms with van der Waals surface area (Å²) in [6.07, 6.45) is 0. The molecule has 0 spiro atoms. The molecule has 0 fully saturated rings. The van der Waals surface area contributed by atoms with Crippen LogP contribution in [0, 0.1) is 0 Å². The lowest BCUT2D eigenvalue weighted by Gasteiger charge is -2.14. The van der Waals surface area contributed by atoms with E-state index in [4.69, 9.17) is 9.97 Å². The molecule has 274 valence electrons. The maximum Gasteiger partial charge on any atom is 0.165 e. The van der Waals surface area contributed by atoms with E-state index in [9.17, 15) is 0 Å². The highest BCUT2D eigenvalue weighted by Crippen LogP contribution is 2.40. The van der Waals surface area contributed by atoms with E-state index in [-0.39, 0.29) is 0 Å². The molecule has 3 nitrogen and oxygen atoms in total. The van der Waals surface area contributed by atoms with Crippen molar-refractivity contribution in [3.05, 3.63) is 212 Å². The molecule has 0 bridgehead atoms. The van der Waals surface area contributed by atoms with E-state index >= 15 is 0 Å². The third kappa shape index (κ3) is 5.59. The summed E-state index contributed by atoms with van der Waals surface area (Å²) in [6, 6.07) is 76.6. The first kappa shape index (κ1) is 33.3. The molecule has 0 atom stereocenters. The lowest BCUT2D eigenvalue weighted by atomic mass is 9.91. The fourth-order valence-electron chi connectivity index (χ4n) is 9.01. The number of hydrogen-bond donors (Lipinski definition) is 0. The van der Waals surface area contributed by atoms with Gasteiger partial charge in [-0.05, 0) is 132 Å². The molecule has 12 rings (SSSR count). The number of aromatic nitrogens is 3. The molecule has 59 heavy (non-hydrogen) atoms. The second kappa shape index (κ2) is 13.4. The summed E-state index contributed by atoms with van der Waals surface area (Å²) in [7, 11) is 0. The van der Waals surface area contributed by atoms with E-state index in [1.807, 2.05) is 12.1 Å². The number of benzene rings is 10. The molecular weight excluding hydrogens is 715 g/mol. The van der Waals surface area contributed by atoms with Gasteiger partial charge in [-0.25, -0.2) is 9.97 Å². The fraction of sp³-hybridized carbons (Fsp3) is 0. The maximum atomic E-state index is 5.34. The first-order valence-corrected chi connectivity index (χ1v) is 20.1. The van der Waals surface area contributed by atoms with E-state index in [1.165, 1.54) is 60.3 Å². The molecule has 0 saturated carbocycles. The van der Waals surface area contributed by atoms with Gasteiger partial charge in [-0.3, -0.25) is 4.57 Å². The molecule has 2 heterocycles. The summed E-state index contributed by atoms with van der Waals surface area (Å²) in [4.78, 5) is 10.7. The zero-order valence-electron chi connectivity index (χ0n) is 32.0. The van der Waals surface area contributed by atoms with Crippen molar-refractivity contribution in [1.29, 1.82) is 0 Å². The number of hydrogen-bond acceptors (Lipinski definition) is 2. The third-order valence-electron chi connectivity index (χ3n) is 11.9. The van der Waals surface area contributed by atoms with Crippen molar-refractivity contribution < 1.29 is 0 Å². The van der Waals surface area contributed by atoms with Gasteiger partial charge in [0.1, 0.15) is 5.52 Å². The molecule has 12 aromatic rings. The minimum atomic E-state index is 0.843. The summed E-state index contributed by atoms with van der Waals surface area (Å²) < 4.78 is 2.32. The van der Waals surface area contributed by atoms with Crippen molar-refractivity contribution >= 4 is 65.4 Å². The quantitative estimate of drug-likeness (QED) is 0.175. The Morgan fingerprint density at radius 3 is 1.53 bits per heavy atom. The van der Waals surface area contributed by atoms with Gasteiger partial charge in [-0.15, -0.1) is 0 Å². The molecule has 0 saturated heterocycles. The Morgan fingerprint density at radius 2 is 0.847 bits per heavy atom. The Balaban J connectivity index is 1.10. The van der Waals surface area contributed by atoms with Gasteiger partial charge in [0.25, 0.3) is 0 Å². The number of rotatable bonds is 5. The zero-order chi connectivity index (χ0) is 38.9. The van der Waals surface area contributed by atoms with Crippen LogP contribution in [0.15, 0.2) is 212 Å². The SMILES string of the molecule is c1ccc(-c2cccc3c(-n4c5ccc(-c6cc(-c7ccc8ccccc8c7)cc(-c7ccc8ccccc8c7)c6)cc5c5nc6ccccc6nc54)cccc23)cc1. The summed E-state index contributed by atoms with van der Waals surface area (Å²) in [5, 5.41) is 8.35.